The van der Waals surface area contributed by atoms with Gasteiger partial charge in [-0.15, -0.1) is 0 Å². The summed E-state index contributed by atoms with van der Waals surface area (Å²) in [6.07, 6.45) is 8.54. The summed E-state index contributed by atoms with van der Waals surface area (Å²) >= 11 is 0. The van der Waals surface area contributed by atoms with Crippen LogP contribution in [0.2, 0.25) is 0 Å². The van der Waals surface area contributed by atoms with E-state index in [1.807, 2.05) is 50.1 Å². The maximum atomic E-state index is 13.1. The molecule has 0 aromatic carbocycles. The average Bonchev–Trinajstić information content (AvgIpc) is 2.78. The van der Waals surface area contributed by atoms with Gasteiger partial charge in [-0.3, -0.25) is 14.5 Å². The SMILES string of the molecule is Cc1nn(C)c(C)c1CC(=O)N1CCCCC[C@H]1c1ccncc1. The van der Waals surface area contributed by atoms with Crippen LogP contribution in [0.4, 0.5) is 0 Å². The molecule has 0 saturated carbocycles. The molecule has 24 heavy (non-hydrogen) atoms. The standard InChI is InChI=1S/C19H26N4O/c1-14-17(15(2)22(3)21-14)13-19(24)23-12-6-4-5-7-18(23)16-8-10-20-11-9-16/h8-11,18H,4-7,12-13H2,1-3H3/t18-/m0/s1. The Morgan fingerprint density at radius 1 is 1.21 bits per heavy atom. The van der Waals surface area contributed by atoms with Crippen LogP contribution in [-0.2, 0) is 18.3 Å². The number of likely N-dealkylation sites (tertiary alicyclic amines) is 1. The third-order valence-electron chi connectivity index (χ3n) is 5.15. The number of aryl methyl sites for hydroxylation is 2. The fraction of sp³-hybridized carbons (Fsp3) is 0.526. The third-order valence-corrected chi connectivity index (χ3v) is 5.15. The molecule has 128 valence electrons. The summed E-state index contributed by atoms with van der Waals surface area (Å²) in [7, 11) is 1.93. The normalized spacial score (nSPS) is 18.5. The van der Waals surface area contributed by atoms with Crippen LogP contribution < -0.4 is 0 Å². The molecule has 0 aliphatic carbocycles. The lowest BCUT2D eigenvalue weighted by Gasteiger charge is -2.30. The zero-order valence-electron chi connectivity index (χ0n) is 14.8. The van der Waals surface area contributed by atoms with E-state index in [1.165, 1.54) is 18.4 Å². The molecule has 1 atom stereocenters. The molecule has 5 nitrogen and oxygen atoms in total. The summed E-state index contributed by atoms with van der Waals surface area (Å²) < 4.78 is 1.86. The lowest BCUT2D eigenvalue weighted by Crippen LogP contribution is -2.36. The topological polar surface area (TPSA) is 51.0 Å². The highest BCUT2D eigenvalue weighted by molar-refractivity contribution is 5.80. The van der Waals surface area contributed by atoms with Gasteiger partial charge < -0.3 is 4.90 Å². The van der Waals surface area contributed by atoms with Crippen molar-refractivity contribution < 1.29 is 4.79 Å². The molecule has 1 amide bonds. The molecule has 1 fully saturated rings. The number of carbonyl (C=O) groups excluding carboxylic acids is 1. The fourth-order valence-corrected chi connectivity index (χ4v) is 3.67. The van der Waals surface area contributed by atoms with Gasteiger partial charge in [0.15, 0.2) is 0 Å². The Morgan fingerprint density at radius 3 is 2.62 bits per heavy atom. The van der Waals surface area contributed by atoms with Gasteiger partial charge in [0.05, 0.1) is 18.2 Å². The van der Waals surface area contributed by atoms with Crippen molar-refractivity contribution in [2.45, 2.75) is 52.0 Å². The van der Waals surface area contributed by atoms with Crippen LogP contribution in [-0.4, -0.2) is 32.1 Å². The van der Waals surface area contributed by atoms with E-state index in [9.17, 15) is 4.79 Å². The van der Waals surface area contributed by atoms with Gasteiger partial charge >= 0.3 is 0 Å². The molecule has 0 radical (unpaired) electrons. The summed E-state index contributed by atoms with van der Waals surface area (Å²) in [5, 5.41) is 4.44. The van der Waals surface area contributed by atoms with Crippen LogP contribution in [0.25, 0.3) is 0 Å². The van der Waals surface area contributed by atoms with Crippen LogP contribution >= 0.6 is 0 Å². The molecule has 0 N–H and O–H groups in total. The van der Waals surface area contributed by atoms with Gasteiger partial charge in [0.25, 0.3) is 0 Å². The van der Waals surface area contributed by atoms with Crippen molar-refractivity contribution in [1.82, 2.24) is 19.7 Å². The van der Waals surface area contributed by atoms with Gasteiger partial charge in [0.2, 0.25) is 5.91 Å². The Balaban J connectivity index is 1.85. The van der Waals surface area contributed by atoms with Gasteiger partial charge in [-0.2, -0.15) is 5.10 Å². The molecule has 1 saturated heterocycles. The van der Waals surface area contributed by atoms with E-state index in [0.29, 0.717) is 6.42 Å². The van der Waals surface area contributed by atoms with E-state index in [0.717, 1.165) is 36.3 Å². The predicted octanol–water partition coefficient (Wildman–Crippen LogP) is 3.12. The maximum Gasteiger partial charge on any atom is 0.227 e. The third kappa shape index (κ3) is 3.35. The van der Waals surface area contributed by atoms with Crippen LogP contribution in [0.15, 0.2) is 24.5 Å². The molecule has 0 bridgehead atoms. The Kier molecular flexibility index (Phi) is 4.97. The minimum atomic E-state index is 0.167. The number of rotatable bonds is 3. The van der Waals surface area contributed by atoms with E-state index in [1.54, 1.807) is 0 Å². The first-order chi connectivity index (χ1) is 11.6. The lowest BCUT2D eigenvalue weighted by atomic mass is 10.0. The first kappa shape index (κ1) is 16.7. The first-order valence-electron chi connectivity index (χ1n) is 8.76. The Hall–Kier alpha value is -2.17. The summed E-state index contributed by atoms with van der Waals surface area (Å²) in [6, 6.07) is 4.24. The Labute approximate surface area is 143 Å². The van der Waals surface area contributed by atoms with Crippen LogP contribution in [0, 0.1) is 13.8 Å². The molecule has 0 spiro atoms. The lowest BCUT2D eigenvalue weighted by molar-refractivity contribution is -0.132. The fourth-order valence-electron chi connectivity index (χ4n) is 3.67. The van der Waals surface area contributed by atoms with Crippen molar-refractivity contribution in [1.29, 1.82) is 0 Å². The summed E-state index contributed by atoms with van der Waals surface area (Å²) in [6.45, 7) is 4.86. The van der Waals surface area contributed by atoms with Crippen molar-refractivity contribution in [2.75, 3.05) is 6.54 Å². The molecule has 1 aliphatic rings. The Bertz CT molecular complexity index is 708. The molecule has 3 heterocycles. The predicted molar refractivity (Wildman–Crippen MR) is 93.5 cm³/mol. The van der Waals surface area contributed by atoms with E-state index in [2.05, 4.69) is 15.0 Å². The second-order valence-corrected chi connectivity index (χ2v) is 6.68. The van der Waals surface area contributed by atoms with Crippen molar-refractivity contribution >= 4 is 5.91 Å². The number of amides is 1. The van der Waals surface area contributed by atoms with E-state index >= 15 is 0 Å². The number of pyridine rings is 1. The number of carbonyl (C=O) groups is 1. The van der Waals surface area contributed by atoms with Crippen LogP contribution in [0.3, 0.4) is 0 Å². The van der Waals surface area contributed by atoms with Crippen molar-refractivity contribution in [3.63, 3.8) is 0 Å². The van der Waals surface area contributed by atoms with Gasteiger partial charge in [-0.25, -0.2) is 0 Å². The molecule has 3 rings (SSSR count). The summed E-state index contributed by atoms with van der Waals surface area (Å²) in [5.74, 6) is 0.206. The van der Waals surface area contributed by atoms with Crippen molar-refractivity contribution in [3.05, 3.63) is 47.0 Å². The largest absolute Gasteiger partial charge is 0.335 e. The molecular formula is C19H26N4O. The molecular weight excluding hydrogens is 300 g/mol. The van der Waals surface area contributed by atoms with Gasteiger partial charge in [-0.05, 0) is 44.4 Å². The van der Waals surface area contributed by atoms with Gasteiger partial charge in [-0.1, -0.05) is 12.8 Å². The molecule has 5 heteroatoms. The van der Waals surface area contributed by atoms with Crippen LogP contribution in [0.1, 0.15) is 54.2 Å². The molecule has 1 aliphatic heterocycles. The molecule has 2 aromatic heterocycles. The van der Waals surface area contributed by atoms with E-state index in [4.69, 9.17) is 0 Å². The van der Waals surface area contributed by atoms with Crippen molar-refractivity contribution in [3.8, 4) is 0 Å². The molecule has 0 unspecified atom stereocenters. The van der Waals surface area contributed by atoms with Crippen molar-refractivity contribution in [2.24, 2.45) is 7.05 Å². The molecule has 2 aromatic rings. The second-order valence-electron chi connectivity index (χ2n) is 6.68. The number of hydrogen-bond acceptors (Lipinski definition) is 3. The van der Waals surface area contributed by atoms with Gasteiger partial charge in [0, 0.05) is 37.2 Å². The highest BCUT2D eigenvalue weighted by atomic mass is 16.2. The van der Waals surface area contributed by atoms with E-state index in [-0.39, 0.29) is 11.9 Å². The maximum absolute atomic E-state index is 13.1. The highest BCUT2D eigenvalue weighted by Crippen LogP contribution is 2.30. The minimum Gasteiger partial charge on any atom is -0.335 e. The summed E-state index contributed by atoms with van der Waals surface area (Å²) in [4.78, 5) is 19.3. The van der Waals surface area contributed by atoms with Gasteiger partial charge in [0.1, 0.15) is 0 Å². The highest BCUT2D eigenvalue weighted by Gasteiger charge is 2.27. The zero-order valence-corrected chi connectivity index (χ0v) is 14.8. The quantitative estimate of drug-likeness (QED) is 0.871. The monoisotopic (exact) mass is 326 g/mol. The Morgan fingerprint density at radius 2 is 1.96 bits per heavy atom. The summed E-state index contributed by atoms with van der Waals surface area (Å²) in [5.41, 5.74) is 4.30. The minimum absolute atomic E-state index is 0.167. The smallest absolute Gasteiger partial charge is 0.227 e. The number of hydrogen-bond donors (Lipinski definition) is 0. The zero-order chi connectivity index (χ0) is 17.1. The number of aromatic nitrogens is 3. The first-order valence-corrected chi connectivity index (χ1v) is 8.76. The van der Waals surface area contributed by atoms with Crippen LogP contribution in [0.5, 0.6) is 0 Å². The number of nitrogens with zero attached hydrogens (tertiary/aromatic N) is 4. The van der Waals surface area contributed by atoms with E-state index < -0.39 is 0 Å². The average molecular weight is 326 g/mol. The second kappa shape index (κ2) is 7.16.